The lowest BCUT2D eigenvalue weighted by Gasteiger charge is -2.12. The molecule has 0 aliphatic rings. The zero-order valence-electron chi connectivity index (χ0n) is 17.4. The molecule has 0 radical (unpaired) electrons. The van der Waals surface area contributed by atoms with Crippen LogP contribution < -0.4 is 20.3 Å². The molecule has 1 amide bonds. The van der Waals surface area contributed by atoms with Crippen molar-refractivity contribution in [1.29, 1.82) is 0 Å². The molecule has 7 nitrogen and oxygen atoms in total. The van der Waals surface area contributed by atoms with Crippen LogP contribution in [0.1, 0.15) is 36.7 Å². The van der Waals surface area contributed by atoms with Crippen LogP contribution >= 0.6 is 0 Å². The number of nitrogens with one attached hydrogen (secondary N) is 1. The first-order valence-electron chi connectivity index (χ1n) is 10.2. The Kier molecular flexibility index (Phi) is 7.43. The second-order valence-corrected chi connectivity index (χ2v) is 6.91. The van der Waals surface area contributed by atoms with Gasteiger partial charge in [0.05, 0.1) is 19.0 Å². The van der Waals surface area contributed by atoms with E-state index in [1.54, 1.807) is 37.4 Å². The second kappa shape index (κ2) is 10.4. The molecule has 7 heteroatoms. The summed E-state index contributed by atoms with van der Waals surface area (Å²) in [6, 6.07) is 14.4. The smallest absolute Gasteiger partial charge is 0.274 e. The Morgan fingerprint density at radius 1 is 1.07 bits per heavy atom. The molecule has 0 aliphatic carbocycles. The van der Waals surface area contributed by atoms with E-state index in [9.17, 15) is 9.59 Å². The van der Waals surface area contributed by atoms with Crippen molar-refractivity contribution < 1.29 is 14.3 Å². The number of rotatable bonds is 10. The van der Waals surface area contributed by atoms with Gasteiger partial charge in [-0.25, -0.2) is 4.68 Å². The Morgan fingerprint density at radius 3 is 2.60 bits per heavy atom. The summed E-state index contributed by atoms with van der Waals surface area (Å²) in [7, 11) is 1.60. The number of fused-ring (bicyclic) bond motifs is 1. The summed E-state index contributed by atoms with van der Waals surface area (Å²) in [5.74, 6) is 1.04. The zero-order chi connectivity index (χ0) is 21.3. The molecule has 0 saturated heterocycles. The SMILES string of the molecule is CCCCCn1nc(C(=O)NCCOc2cccc(OC)c2)c2ccccc2c1=O. The van der Waals surface area contributed by atoms with Crippen molar-refractivity contribution in [2.75, 3.05) is 20.3 Å². The Morgan fingerprint density at radius 2 is 1.83 bits per heavy atom. The Labute approximate surface area is 175 Å². The van der Waals surface area contributed by atoms with E-state index in [1.807, 2.05) is 18.2 Å². The molecule has 158 valence electrons. The highest BCUT2D eigenvalue weighted by atomic mass is 16.5. The average molecular weight is 409 g/mol. The molecular weight excluding hydrogens is 382 g/mol. The first-order chi connectivity index (χ1) is 14.6. The fourth-order valence-corrected chi connectivity index (χ4v) is 3.17. The van der Waals surface area contributed by atoms with Gasteiger partial charge in [0.1, 0.15) is 18.1 Å². The minimum Gasteiger partial charge on any atom is -0.497 e. The highest BCUT2D eigenvalue weighted by molar-refractivity contribution is 6.04. The summed E-state index contributed by atoms with van der Waals surface area (Å²) in [6.45, 7) is 3.20. The molecule has 1 heterocycles. The van der Waals surface area contributed by atoms with Crippen molar-refractivity contribution >= 4 is 16.7 Å². The molecule has 1 aromatic heterocycles. The van der Waals surface area contributed by atoms with Gasteiger partial charge in [-0.05, 0) is 24.6 Å². The monoisotopic (exact) mass is 409 g/mol. The number of unbranched alkanes of at least 4 members (excludes halogenated alkanes) is 2. The number of carbonyl (C=O) groups excluding carboxylic acids is 1. The molecule has 30 heavy (non-hydrogen) atoms. The predicted octanol–water partition coefficient (Wildman–Crippen LogP) is 3.40. The lowest BCUT2D eigenvalue weighted by Crippen LogP contribution is -2.32. The number of amides is 1. The first kappa shape index (κ1) is 21.4. The number of benzene rings is 2. The molecule has 0 bridgehead atoms. The number of aryl methyl sites for hydroxylation is 1. The Balaban J connectivity index is 1.70. The van der Waals surface area contributed by atoms with Crippen molar-refractivity contribution in [2.45, 2.75) is 32.7 Å². The molecule has 0 saturated carbocycles. The van der Waals surface area contributed by atoms with E-state index >= 15 is 0 Å². The third-order valence-electron chi connectivity index (χ3n) is 4.75. The highest BCUT2D eigenvalue weighted by Gasteiger charge is 2.16. The Hall–Kier alpha value is -3.35. The van der Waals surface area contributed by atoms with Gasteiger partial charge in [-0.15, -0.1) is 0 Å². The molecule has 0 atom stereocenters. The second-order valence-electron chi connectivity index (χ2n) is 6.91. The number of ether oxygens (including phenoxy) is 2. The zero-order valence-corrected chi connectivity index (χ0v) is 17.4. The summed E-state index contributed by atoms with van der Waals surface area (Å²) in [5, 5.41) is 8.25. The molecular formula is C23H27N3O4. The standard InChI is InChI=1S/C23H27N3O4/c1-3-4-7-14-26-23(28)20-12-6-5-11-19(20)21(25-26)22(27)24-13-15-30-18-10-8-9-17(16-18)29-2/h5-6,8-12,16H,3-4,7,13-15H2,1-2H3,(H,24,27). The van der Waals surface area contributed by atoms with Crippen LogP contribution in [0.3, 0.4) is 0 Å². The minimum absolute atomic E-state index is 0.167. The molecule has 1 N–H and O–H groups in total. The summed E-state index contributed by atoms with van der Waals surface area (Å²) in [5.41, 5.74) is 0.0858. The summed E-state index contributed by atoms with van der Waals surface area (Å²) < 4.78 is 12.2. The van der Waals surface area contributed by atoms with Gasteiger partial charge in [0, 0.05) is 18.0 Å². The molecule has 3 rings (SSSR count). The summed E-state index contributed by atoms with van der Waals surface area (Å²) >= 11 is 0. The van der Waals surface area contributed by atoms with Crippen molar-refractivity contribution in [3.63, 3.8) is 0 Å². The number of hydrogen-bond acceptors (Lipinski definition) is 5. The molecule has 2 aromatic carbocycles. The molecule has 0 spiro atoms. The maximum Gasteiger partial charge on any atom is 0.274 e. The van der Waals surface area contributed by atoms with Crippen LogP contribution in [-0.4, -0.2) is 35.9 Å². The van der Waals surface area contributed by atoms with Gasteiger partial charge in [-0.3, -0.25) is 9.59 Å². The van der Waals surface area contributed by atoms with Gasteiger partial charge < -0.3 is 14.8 Å². The quantitative estimate of drug-likeness (QED) is 0.519. The van der Waals surface area contributed by atoms with Gasteiger partial charge in [-0.1, -0.05) is 44.0 Å². The van der Waals surface area contributed by atoms with Crippen LogP contribution in [0.5, 0.6) is 11.5 Å². The molecule has 3 aromatic rings. The normalized spacial score (nSPS) is 10.7. The van der Waals surface area contributed by atoms with Gasteiger partial charge in [0.25, 0.3) is 11.5 Å². The third-order valence-corrected chi connectivity index (χ3v) is 4.75. The number of carbonyl (C=O) groups is 1. The van der Waals surface area contributed by atoms with E-state index in [0.717, 1.165) is 19.3 Å². The van der Waals surface area contributed by atoms with Gasteiger partial charge >= 0.3 is 0 Å². The predicted molar refractivity (Wildman–Crippen MR) is 116 cm³/mol. The van der Waals surface area contributed by atoms with Gasteiger partial charge in [0.15, 0.2) is 5.69 Å². The summed E-state index contributed by atoms with van der Waals surface area (Å²) in [4.78, 5) is 25.5. The largest absolute Gasteiger partial charge is 0.497 e. The van der Waals surface area contributed by atoms with Crippen LogP contribution in [0.25, 0.3) is 10.8 Å². The van der Waals surface area contributed by atoms with Crippen molar-refractivity contribution in [3.05, 3.63) is 64.6 Å². The van der Waals surface area contributed by atoms with E-state index < -0.39 is 0 Å². The highest BCUT2D eigenvalue weighted by Crippen LogP contribution is 2.18. The molecule has 0 aliphatic heterocycles. The topological polar surface area (TPSA) is 82.5 Å². The van der Waals surface area contributed by atoms with E-state index in [4.69, 9.17) is 9.47 Å². The number of nitrogens with zero attached hydrogens (tertiary/aromatic N) is 2. The molecule has 0 unspecified atom stereocenters. The Bertz CT molecular complexity index is 1060. The van der Waals surface area contributed by atoms with Gasteiger partial charge in [-0.2, -0.15) is 5.10 Å². The van der Waals surface area contributed by atoms with Crippen LogP contribution in [0, 0.1) is 0 Å². The van der Waals surface area contributed by atoms with Crippen LogP contribution in [-0.2, 0) is 6.54 Å². The number of aromatic nitrogens is 2. The maximum absolute atomic E-state index is 12.8. The lowest BCUT2D eigenvalue weighted by atomic mass is 10.1. The average Bonchev–Trinajstić information content (AvgIpc) is 2.78. The fraction of sp³-hybridized carbons (Fsp3) is 0.348. The van der Waals surface area contributed by atoms with Crippen molar-refractivity contribution in [2.24, 2.45) is 0 Å². The van der Waals surface area contributed by atoms with Crippen LogP contribution in [0.4, 0.5) is 0 Å². The van der Waals surface area contributed by atoms with Crippen molar-refractivity contribution in [3.8, 4) is 11.5 Å². The molecule has 0 fully saturated rings. The minimum atomic E-state index is -0.329. The van der Waals surface area contributed by atoms with E-state index in [1.165, 1.54) is 4.68 Å². The first-order valence-corrected chi connectivity index (χ1v) is 10.2. The number of methoxy groups -OCH3 is 1. The number of hydrogen-bond donors (Lipinski definition) is 1. The van der Waals surface area contributed by atoms with E-state index in [-0.39, 0.29) is 17.2 Å². The third kappa shape index (κ3) is 5.17. The van der Waals surface area contributed by atoms with E-state index in [0.29, 0.717) is 42.0 Å². The van der Waals surface area contributed by atoms with Crippen LogP contribution in [0.15, 0.2) is 53.3 Å². The van der Waals surface area contributed by atoms with Crippen molar-refractivity contribution in [1.82, 2.24) is 15.1 Å². The van der Waals surface area contributed by atoms with E-state index in [2.05, 4.69) is 17.3 Å². The fourth-order valence-electron chi connectivity index (χ4n) is 3.17. The lowest BCUT2D eigenvalue weighted by molar-refractivity contribution is 0.0941. The summed E-state index contributed by atoms with van der Waals surface area (Å²) in [6.07, 6.45) is 2.89. The maximum atomic E-state index is 12.8. The van der Waals surface area contributed by atoms with Crippen LogP contribution in [0.2, 0.25) is 0 Å². The van der Waals surface area contributed by atoms with Gasteiger partial charge in [0.2, 0.25) is 0 Å².